The third-order valence-electron chi connectivity index (χ3n) is 2.06. The fourth-order valence-corrected chi connectivity index (χ4v) is 1.28. The first kappa shape index (κ1) is 9.59. The maximum Gasteiger partial charge on any atom is 0.312 e. The van der Waals surface area contributed by atoms with E-state index in [0.29, 0.717) is 19.6 Å². The second kappa shape index (κ2) is 3.94. The van der Waals surface area contributed by atoms with E-state index in [0.717, 1.165) is 0 Å². The summed E-state index contributed by atoms with van der Waals surface area (Å²) >= 11 is 0. The number of likely N-dealkylation sites (N-methyl/N-ethyl adjacent to an activating group) is 1. The van der Waals surface area contributed by atoms with Crippen LogP contribution >= 0.6 is 0 Å². The van der Waals surface area contributed by atoms with Crippen LogP contribution in [0.15, 0.2) is 0 Å². The third-order valence-corrected chi connectivity index (χ3v) is 2.06. The van der Waals surface area contributed by atoms with Gasteiger partial charge in [-0.25, -0.2) is 0 Å². The molecule has 0 aliphatic carbocycles. The number of amides is 2. The Balaban J connectivity index is 2.66. The van der Waals surface area contributed by atoms with Gasteiger partial charge in [-0.3, -0.25) is 9.59 Å². The lowest BCUT2D eigenvalue weighted by atomic mass is 10.3. The summed E-state index contributed by atoms with van der Waals surface area (Å²) in [5.74, 6) is 1.43. The summed E-state index contributed by atoms with van der Waals surface area (Å²) in [7, 11) is 0. The van der Waals surface area contributed by atoms with Crippen LogP contribution in [-0.2, 0) is 9.59 Å². The SMILES string of the molecule is C#CCN1CCN(CC)C(=O)C1=O. The van der Waals surface area contributed by atoms with E-state index in [1.807, 2.05) is 6.92 Å². The van der Waals surface area contributed by atoms with E-state index >= 15 is 0 Å². The molecular weight excluding hydrogens is 168 g/mol. The Bertz CT molecular complexity index is 267. The van der Waals surface area contributed by atoms with Crippen molar-refractivity contribution in [3.63, 3.8) is 0 Å². The molecule has 1 aliphatic heterocycles. The molecule has 0 N–H and O–H groups in total. The summed E-state index contributed by atoms with van der Waals surface area (Å²) in [5, 5.41) is 0. The topological polar surface area (TPSA) is 40.6 Å². The van der Waals surface area contributed by atoms with Gasteiger partial charge < -0.3 is 9.80 Å². The number of nitrogens with zero attached hydrogens (tertiary/aromatic N) is 2. The third kappa shape index (κ3) is 1.81. The van der Waals surface area contributed by atoms with Crippen LogP contribution in [0, 0.1) is 12.3 Å². The summed E-state index contributed by atoms with van der Waals surface area (Å²) < 4.78 is 0. The van der Waals surface area contributed by atoms with E-state index in [9.17, 15) is 9.59 Å². The average molecular weight is 180 g/mol. The summed E-state index contributed by atoms with van der Waals surface area (Å²) in [6.45, 7) is 3.78. The number of rotatable bonds is 2. The molecule has 4 heteroatoms. The van der Waals surface area contributed by atoms with Gasteiger partial charge in [0, 0.05) is 19.6 Å². The van der Waals surface area contributed by atoms with E-state index in [4.69, 9.17) is 6.42 Å². The summed E-state index contributed by atoms with van der Waals surface area (Å²) in [4.78, 5) is 25.6. The van der Waals surface area contributed by atoms with Gasteiger partial charge in [0.15, 0.2) is 0 Å². The molecule has 1 fully saturated rings. The van der Waals surface area contributed by atoms with Crippen molar-refractivity contribution >= 4 is 11.8 Å². The molecule has 0 aromatic heterocycles. The molecule has 1 heterocycles. The van der Waals surface area contributed by atoms with Gasteiger partial charge in [0.1, 0.15) is 0 Å². The molecule has 0 aromatic carbocycles. The fourth-order valence-electron chi connectivity index (χ4n) is 1.28. The van der Waals surface area contributed by atoms with Crippen molar-refractivity contribution in [1.82, 2.24) is 9.80 Å². The maximum atomic E-state index is 11.3. The van der Waals surface area contributed by atoms with Crippen molar-refractivity contribution in [3.05, 3.63) is 0 Å². The van der Waals surface area contributed by atoms with Gasteiger partial charge in [0.05, 0.1) is 6.54 Å². The predicted molar refractivity (Wildman–Crippen MR) is 47.7 cm³/mol. The predicted octanol–water partition coefficient (Wildman–Crippen LogP) is -0.690. The maximum absolute atomic E-state index is 11.3. The van der Waals surface area contributed by atoms with Crippen LogP contribution in [0.2, 0.25) is 0 Å². The zero-order valence-electron chi connectivity index (χ0n) is 7.62. The van der Waals surface area contributed by atoms with Crippen LogP contribution in [-0.4, -0.2) is 47.8 Å². The van der Waals surface area contributed by atoms with Crippen molar-refractivity contribution in [2.75, 3.05) is 26.2 Å². The van der Waals surface area contributed by atoms with Crippen LogP contribution in [0.1, 0.15) is 6.92 Å². The molecule has 0 aromatic rings. The van der Waals surface area contributed by atoms with E-state index < -0.39 is 11.8 Å². The van der Waals surface area contributed by atoms with Gasteiger partial charge in [-0.15, -0.1) is 6.42 Å². The fraction of sp³-hybridized carbons (Fsp3) is 0.556. The van der Waals surface area contributed by atoms with Gasteiger partial charge in [-0.2, -0.15) is 0 Å². The second-order valence-electron chi connectivity index (χ2n) is 2.82. The summed E-state index contributed by atoms with van der Waals surface area (Å²) in [6, 6.07) is 0. The molecule has 0 bridgehead atoms. The van der Waals surface area contributed by atoms with Gasteiger partial charge >= 0.3 is 11.8 Å². The standard InChI is InChI=1S/C9H12N2O2/c1-3-5-11-7-6-10(4-2)8(12)9(11)13/h1H,4-7H2,2H3. The summed E-state index contributed by atoms with van der Waals surface area (Å²) in [6.07, 6.45) is 5.07. The number of terminal acetylenes is 1. The second-order valence-corrected chi connectivity index (χ2v) is 2.82. The highest BCUT2D eigenvalue weighted by atomic mass is 16.2. The first-order valence-electron chi connectivity index (χ1n) is 4.22. The highest BCUT2D eigenvalue weighted by Crippen LogP contribution is 2.03. The zero-order chi connectivity index (χ0) is 9.84. The minimum atomic E-state index is -0.481. The molecular formula is C9H12N2O2. The van der Waals surface area contributed by atoms with Gasteiger partial charge in [0.2, 0.25) is 0 Å². The minimum Gasteiger partial charge on any atom is -0.333 e. The molecule has 0 radical (unpaired) electrons. The Hall–Kier alpha value is -1.50. The normalized spacial score (nSPS) is 17.5. The summed E-state index contributed by atoms with van der Waals surface area (Å²) in [5.41, 5.74) is 0. The molecule has 1 aliphatic rings. The lowest BCUT2D eigenvalue weighted by Crippen LogP contribution is -2.54. The number of hydrogen-bond donors (Lipinski definition) is 0. The highest BCUT2D eigenvalue weighted by Gasteiger charge is 2.30. The van der Waals surface area contributed by atoms with Crippen LogP contribution < -0.4 is 0 Å². The van der Waals surface area contributed by atoms with Crippen LogP contribution in [0.25, 0.3) is 0 Å². The molecule has 70 valence electrons. The lowest BCUT2D eigenvalue weighted by Gasteiger charge is -2.31. The van der Waals surface area contributed by atoms with Crippen molar-refractivity contribution < 1.29 is 9.59 Å². The molecule has 2 amide bonds. The van der Waals surface area contributed by atoms with Crippen molar-refractivity contribution in [3.8, 4) is 12.3 Å². The Morgan fingerprint density at radius 3 is 2.38 bits per heavy atom. The Morgan fingerprint density at radius 1 is 1.31 bits per heavy atom. The number of carbonyl (C=O) groups excluding carboxylic acids is 2. The quantitative estimate of drug-likeness (QED) is 0.417. The molecule has 1 rings (SSSR count). The minimum absolute atomic E-state index is 0.224. The highest BCUT2D eigenvalue weighted by molar-refractivity contribution is 6.35. The average Bonchev–Trinajstić information content (AvgIpc) is 2.14. The van der Waals surface area contributed by atoms with Crippen LogP contribution in [0.5, 0.6) is 0 Å². The molecule has 1 saturated heterocycles. The van der Waals surface area contributed by atoms with Crippen molar-refractivity contribution in [2.24, 2.45) is 0 Å². The number of hydrogen-bond acceptors (Lipinski definition) is 2. The lowest BCUT2D eigenvalue weighted by molar-refractivity contribution is -0.155. The smallest absolute Gasteiger partial charge is 0.312 e. The Labute approximate surface area is 77.5 Å². The zero-order valence-corrected chi connectivity index (χ0v) is 7.62. The number of piperazine rings is 1. The molecule has 4 nitrogen and oxygen atoms in total. The Morgan fingerprint density at radius 2 is 1.85 bits per heavy atom. The molecule has 13 heavy (non-hydrogen) atoms. The van der Waals surface area contributed by atoms with Crippen LogP contribution in [0.4, 0.5) is 0 Å². The van der Waals surface area contributed by atoms with Gasteiger partial charge in [-0.05, 0) is 6.92 Å². The van der Waals surface area contributed by atoms with Crippen molar-refractivity contribution in [1.29, 1.82) is 0 Å². The first-order valence-corrected chi connectivity index (χ1v) is 4.22. The van der Waals surface area contributed by atoms with E-state index in [1.165, 1.54) is 9.80 Å². The van der Waals surface area contributed by atoms with E-state index in [2.05, 4.69) is 5.92 Å². The molecule has 0 unspecified atom stereocenters. The molecule has 0 atom stereocenters. The molecule has 0 spiro atoms. The van der Waals surface area contributed by atoms with Gasteiger partial charge in [-0.1, -0.05) is 5.92 Å². The first-order chi connectivity index (χ1) is 6.20. The van der Waals surface area contributed by atoms with Crippen molar-refractivity contribution in [2.45, 2.75) is 6.92 Å². The Kier molecular flexibility index (Phi) is 2.91. The number of carbonyl (C=O) groups is 2. The monoisotopic (exact) mass is 180 g/mol. The largest absolute Gasteiger partial charge is 0.333 e. The van der Waals surface area contributed by atoms with E-state index in [1.54, 1.807) is 0 Å². The molecule has 0 saturated carbocycles. The van der Waals surface area contributed by atoms with Gasteiger partial charge in [0.25, 0.3) is 0 Å². The van der Waals surface area contributed by atoms with E-state index in [-0.39, 0.29) is 6.54 Å². The van der Waals surface area contributed by atoms with Crippen LogP contribution in [0.3, 0.4) is 0 Å².